The fourth-order valence-electron chi connectivity index (χ4n) is 1.37. The molecule has 0 radical (unpaired) electrons. The quantitative estimate of drug-likeness (QED) is 0.868. The molecular weight excluding hydrogens is 266 g/mol. The summed E-state index contributed by atoms with van der Waals surface area (Å²) >= 11 is 5.91. The zero-order chi connectivity index (χ0) is 14.6. The highest BCUT2D eigenvalue weighted by Gasteiger charge is 2.23. The molecule has 19 heavy (non-hydrogen) atoms. The molecule has 4 nitrogen and oxygen atoms in total. The largest absolute Gasteiger partial charge is 0.458 e. The number of carbonyl (C=O) groups is 2. The summed E-state index contributed by atoms with van der Waals surface area (Å²) < 4.78 is 5.18. The van der Waals surface area contributed by atoms with Crippen molar-refractivity contribution in [3.63, 3.8) is 0 Å². The van der Waals surface area contributed by atoms with E-state index in [1.807, 2.05) is 0 Å². The third kappa shape index (κ3) is 4.91. The van der Waals surface area contributed by atoms with E-state index in [0.29, 0.717) is 10.6 Å². The van der Waals surface area contributed by atoms with Crippen LogP contribution in [0, 0.1) is 0 Å². The monoisotopic (exact) mass is 283 g/mol. The van der Waals surface area contributed by atoms with Crippen molar-refractivity contribution in [2.75, 3.05) is 0 Å². The summed E-state index contributed by atoms with van der Waals surface area (Å²) in [5.41, 5.74) is -0.250. The molecule has 1 aromatic carbocycles. The van der Waals surface area contributed by atoms with Gasteiger partial charge in [0.1, 0.15) is 11.6 Å². The van der Waals surface area contributed by atoms with Crippen molar-refractivity contribution in [3.05, 3.63) is 34.9 Å². The number of halogens is 1. The molecule has 1 aromatic rings. The van der Waals surface area contributed by atoms with Gasteiger partial charge in [0.05, 0.1) is 10.6 Å². The molecule has 5 heteroatoms. The fourth-order valence-corrected chi connectivity index (χ4v) is 1.59. The molecule has 1 amide bonds. The molecule has 0 aliphatic heterocycles. The Bertz CT molecular complexity index is 480. The zero-order valence-corrected chi connectivity index (χ0v) is 12.2. The van der Waals surface area contributed by atoms with Crippen molar-refractivity contribution in [2.45, 2.75) is 39.3 Å². The molecule has 0 spiro atoms. The van der Waals surface area contributed by atoms with Gasteiger partial charge in [0.15, 0.2) is 0 Å². The second-order valence-corrected chi connectivity index (χ2v) is 5.62. The lowest BCUT2D eigenvalue weighted by Crippen LogP contribution is -2.42. The average molecular weight is 284 g/mol. The lowest BCUT2D eigenvalue weighted by atomic mass is 10.2. The van der Waals surface area contributed by atoms with Gasteiger partial charge in [-0.1, -0.05) is 23.7 Å². The van der Waals surface area contributed by atoms with E-state index in [1.165, 1.54) is 0 Å². The molecule has 0 saturated heterocycles. The Morgan fingerprint density at radius 3 is 2.37 bits per heavy atom. The van der Waals surface area contributed by atoms with Crippen LogP contribution in [-0.2, 0) is 9.53 Å². The van der Waals surface area contributed by atoms with Gasteiger partial charge in [0.2, 0.25) is 0 Å². The van der Waals surface area contributed by atoms with Crippen molar-refractivity contribution in [3.8, 4) is 0 Å². The summed E-state index contributed by atoms with van der Waals surface area (Å²) in [6, 6.07) is 5.92. The van der Waals surface area contributed by atoms with Gasteiger partial charge >= 0.3 is 5.97 Å². The number of hydrogen-bond acceptors (Lipinski definition) is 3. The van der Waals surface area contributed by atoms with Crippen molar-refractivity contribution in [1.29, 1.82) is 0 Å². The summed E-state index contributed by atoms with van der Waals surface area (Å²) in [5.74, 6) is -0.878. The summed E-state index contributed by atoms with van der Waals surface area (Å²) in [7, 11) is 0. The highest BCUT2D eigenvalue weighted by atomic mass is 35.5. The predicted octanol–water partition coefficient (Wildman–Crippen LogP) is 2.80. The molecule has 0 aromatic heterocycles. The first-order chi connectivity index (χ1) is 8.70. The Labute approximate surface area is 118 Å². The van der Waals surface area contributed by atoms with Gasteiger partial charge in [-0.25, -0.2) is 4.79 Å². The SMILES string of the molecule is C[C@@H](NC(=O)c1ccccc1Cl)C(=O)OC(C)(C)C. The van der Waals surface area contributed by atoms with Crippen LogP contribution in [0.3, 0.4) is 0 Å². The number of amides is 1. The highest BCUT2D eigenvalue weighted by molar-refractivity contribution is 6.33. The Morgan fingerprint density at radius 1 is 1.26 bits per heavy atom. The second-order valence-electron chi connectivity index (χ2n) is 5.21. The maximum absolute atomic E-state index is 11.9. The first-order valence-electron chi connectivity index (χ1n) is 5.99. The molecule has 0 unspecified atom stereocenters. The van der Waals surface area contributed by atoms with Gasteiger partial charge in [-0.05, 0) is 39.8 Å². The van der Waals surface area contributed by atoms with E-state index in [4.69, 9.17) is 16.3 Å². The van der Waals surface area contributed by atoms with Crippen LogP contribution in [0.2, 0.25) is 5.02 Å². The normalized spacial score (nSPS) is 12.7. The van der Waals surface area contributed by atoms with Crippen LogP contribution in [0.5, 0.6) is 0 Å². The Morgan fingerprint density at radius 2 is 1.84 bits per heavy atom. The second kappa shape index (κ2) is 6.06. The number of carbonyl (C=O) groups excluding carboxylic acids is 2. The van der Waals surface area contributed by atoms with Gasteiger partial charge in [0, 0.05) is 0 Å². The Hall–Kier alpha value is -1.55. The van der Waals surface area contributed by atoms with Crippen LogP contribution in [0.4, 0.5) is 0 Å². The lowest BCUT2D eigenvalue weighted by Gasteiger charge is -2.22. The van der Waals surface area contributed by atoms with Crippen molar-refractivity contribution >= 4 is 23.5 Å². The van der Waals surface area contributed by atoms with Crippen molar-refractivity contribution in [2.24, 2.45) is 0 Å². The van der Waals surface area contributed by atoms with Crippen LogP contribution >= 0.6 is 11.6 Å². The number of hydrogen-bond donors (Lipinski definition) is 1. The van der Waals surface area contributed by atoms with Crippen LogP contribution in [0.15, 0.2) is 24.3 Å². The zero-order valence-electron chi connectivity index (χ0n) is 11.5. The van der Waals surface area contributed by atoms with E-state index < -0.39 is 23.5 Å². The van der Waals surface area contributed by atoms with Crippen LogP contribution in [0.25, 0.3) is 0 Å². The first kappa shape index (κ1) is 15.5. The molecular formula is C14H18ClNO3. The predicted molar refractivity (Wildman–Crippen MR) is 74.2 cm³/mol. The topological polar surface area (TPSA) is 55.4 Å². The summed E-state index contributed by atoms with van der Waals surface area (Å²) in [6.07, 6.45) is 0. The van der Waals surface area contributed by atoms with Crippen LogP contribution < -0.4 is 5.32 Å². The maximum atomic E-state index is 11.9. The van der Waals surface area contributed by atoms with E-state index in [2.05, 4.69) is 5.32 Å². The first-order valence-corrected chi connectivity index (χ1v) is 6.37. The van der Waals surface area contributed by atoms with Gasteiger partial charge in [0.25, 0.3) is 5.91 Å². The van der Waals surface area contributed by atoms with Crippen molar-refractivity contribution < 1.29 is 14.3 Å². The highest BCUT2D eigenvalue weighted by Crippen LogP contribution is 2.15. The average Bonchev–Trinajstić information content (AvgIpc) is 2.27. The molecule has 0 aliphatic carbocycles. The minimum atomic E-state index is -0.733. The van der Waals surface area contributed by atoms with E-state index in [1.54, 1.807) is 52.0 Å². The van der Waals surface area contributed by atoms with Gasteiger partial charge in [-0.15, -0.1) is 0 Å². The molecule has 0 heterocycles. The molecule has 0 fully saturated rings. The minimum absolute atomic E-state index is 0.333. The Kier molecular flexibility index (Phi) is 4.95. The van der Waals surface area contributed by atoms with E-state index in [9.17, 15) is 9.59 Å². The standard InChI is InChI=1S/C14H18ClNO3/c1-9(13(18)19-14(2,3)4)16-12(17)10-7-5-6-8-11(10)15/h5-9H,1-4H3,(H,16,17)/t9-/m1/s1. The number of benzene rings is 1. The molecule has 1 rings (SSSR count). The summed E-state index contributed by atoms with van der Waals surface area (Å²) in [6.45, 7) is 6.89. The van der Waals surface area contributed by atoms with Crippen LogP contribution in [-0.4, -0.2) is 23.5 Å². The minimum Gasteiger partial charge on any atom is -0.458 e. The Balaban J connectivity index is 2.67. The molecule has 0 aliphatic rings. The summed E-state index contributed by atoms with van der Waals surface area (Å²) in [4.78, 5) is 23.7. The maximum Gasteiger partial charge on any atom is 0.328 e. The molecule has 0 bridgehead atoms. The number of esters is 1. The van der Waals surface area contributed by atoms with Gasteiger partial charge in [-0.2, -0.15) is 0 Å². The summed E-state index contributed by atoms with van der Waals surface area (Å²) in [5, 5.41) is 2.91. The lowest BCUT2D eigenvalue weighted by molar-refractivity contribution is -0.156. The van der Waals surface area contributed by atoms with E-state index in [0.717, 1.165) is 0 Å². The van der Waals surface area contributed by atoms with Gasteiger partial charge < -0.3 is 10.1 Å². The fraction of sp³-hybridized carbons (Fsp3) is 0.429. The molecule has 0 saturated carbocycles. The van der Waals surface area contributed by atoms with E-state index in [-0.39, 0.29) is 0 Å². The number of rotatable bonds is 3. The van der Waals surface area contributed by atoms with Crippen LogP contribution in [0.1, 0.15) is 38.1 Å². The smallest absolute Gasteiger partial charge is 0.328 e. The number of nitrogens with one attached hydrogen (secondary N) is 1. The van der Waals surface area contributed by atoms with E-state index >= 15 is 0 Å². The number of ether oxygens (including phenoxy) is 1. The third-order valence-electron chi connectivity index (χ3n) is 2.23. The van der Waals surface area contributed by atoms with Crippen molar-refractivity contribution in [1.82, 2.24) is 5.32 Å². The molecule has 104 valence electrons. The molecule has 1 N–H and O–H groups in total. The molecule has 1 atom stereocenters. The third-order valence-corrected chi connectivity index (χ3v) is 2.56. The van der Waals surface area contributed by atoms with Gasteiger partial charge in [-0.3, -0.25) is 4.79 Å².